The molecule has 0 aliphatic carbocycles. The van der Waals surface area contributed by atoms with Crippen LogP contribution in [-0.4, -0.2) is 54.2 Å². The molecule has 0 radical (unpaired) electrons. The summed E-state index contributed by atoms with van der Waals surface area (Å²) < 4.78 is 0. The van der Waals surface area contributed by atoms with Gasteiger partial charge in [-0.1, -0.05) is 0 Å². The topological polar surface area (TPSA) is 56.7 Å². The third kappa shape index (κ3) is 3.06. The predicted octanol–water partition coefficient (Wildman–Crippen LogP) is 2.26. The summed E-state index contributed by atoms with van der Waals surface area (Å²) in [5, 5.41) is 11.2. The Labute approximate surface area is 127 Å². The first-order chi connectivity index (χ1) is 10.1. The summed E-state index contributed by atoms with van der Waals surface area (Å²) in [4.78, 5) is 19.7. The molecule has 0 unspecified atom stereocenters. The first kappa shape index (κ1) is 14.0. The highest BCUT2D eigenvalue weighted by Gasteiger charge is 2.15. The van der Waals surface area contributed by atoms with Crippen molar-refractivity contribution in [2.75, 3.05) is 38.1 Å². The first-order valence-electron chi connectivity index (χ1n) is 6.86. The number of aromatic nitrogens is 1. The van der Waals surface area contributed by atoms with E-state index in [-0.39, 0.29) is 5.69 Å². The van der Waals surface area contributed by atoms with Crippen LogP contribution in [-0.2, 0) is 0 Å². The number of benzene rings is 1. The summed E-state index contributed by atoms with van der Waals surface area (Å²) in [5.74, 6) is -0.980. The Morgan fingerprint density at radius 2 is 1.86 bits per heavy atom. The maximum atomic E-state index is 10.9. The van der Waals surface area contributed by atoms with Gasteiger partial charge in [-0.3, -0.25) is 0 Å². The number of rotatable bonds is 3. The molecule has 1 aliphatic heterocycles. The molecule has 1 aromatic carbocycles. The molecule has 0 atom stereocenters. The highest BCUT2D eigenvalue weighted by molar-refractivity contribution is 7.13. The Balaban J connectivity index is 1.75. The van der Waals surface area contributed by atoms with E-state index in [0.29, 0.717) is 0 Å². The van der Waals surface area contributed by atoms with E-state index < -0.39 is 5.97 Å². The van der Waals surface area contributed by atoms with Crippen molar-refractivity contribution in [3.05, 3.63) is 35.3 Å². The number of carboxylic acid groups (broad SMARTS) is 1. The van der Waals surface area contributed by atoms with Crippen molar-refractivity contribution in [3.8, 4) is 10.6 Å². The van der Waals surface area contributed by atoms with Crippen LogP contribution in [0.4, 0.5) is 5.69 Å². The van der Waals surface area contributed by atoms with Crippen LogP contribution in [0.2, 0.25) is 0 Å². The van der Waals surface area contributed by atoms with Crippen LogP contribution in [0.15, 0.2) is 29.6 Å². The summed E-state index contributed by atoms with van der Waals surface area (Å²) in [6, 6.07) is 8.20. The van der Waals surface area contributed by atoms with E-state index in [4.69, 9.17) is 5.11 Å². The summed E-state index contributed by atoms with van der Waals surface area (Å²) in [7, 11) is 2.14. The van der Waals surface area contributed by atoms with Gasteiger partial charge in [0.2, 0.25) is 0 Å². The second kappa shape index (κ2) is 5.83. The minimum absolute atomic E-state index is 0.109. The average Bonchev–Trinajstić information content (AvgIpc) is 2.98. The number of nitrogens with zero attached hydrogens (tertiary/aromatic N) is 3. The number of piperazine rings is 1. The zero-order valence-corrected chi connectivity index (χ0v) is 12.6. The van der Waals surface area contributed by atoms with Gasteiger partial charge in [0.1, 0.15) is 5.01 Å². The van der Waals surface area contributed by atoms with Crippen molar-refractivity contribution in [2.24, 2.45) is 0 Å². The van der Waals surface area contributed by atoms with Gasteiger partial charge in [0.25, 0.3) is 0 Å². The van der Waals surface area contributed by atoms with Crippen LogP contribution in [0.25, 0.3) is 10.6 Å². The van der Waals surface area contributed by atoms with Crippen LogP contribution in [0.1, 0.15) is 10.5 Å². The molecule has 6 heteroatoms. The molecule has 1 aliphatic rings. The summed E-state index contributed by atoms with van der Waals surface area (Å²) in [6.07, 6.45) is 0. The van der Waals surface area contributed by atoms with E-state index in [0.717, 1.165) is 36.8 Å². The number of carbonyl (C=O) groups is 1. The van der Waals surface area contributed by atoms with Crippen LogP contribution >= 0.6 is 11.3 Å². The molecule has 0 amide bonds. The Morgan fingerprint density at radius 3 is 2.43 bits per heavy atom. The fourth-order valence-electron chi connectivity index (χ4n) is 2.38. The Bertz CT molecular complexity index is 631. The fraction of sp³-hybridized carbons (Fsp3) is 0.333. The molecule has 1 N–H and O–H groups in total. The lowest BCUT2D eigenvalue weighted by Gasteiger charge is -2.34. The van der Waals surface area contributed by atoms with Gasteiger partial charge >= 0.3 is 5.97 Å². The molecular formula is C15H17N3O2S. The second-order valence-electron chi connectivity index (χ2n) is 5.18. The normalized spacial score (nSPS) is 16.1. The minimum atomic E-state index is -0.980. The molecule has 0 bridgehead atoms. The van der Waals surface area contributed by atoms with E-state index in [1.54, 1.807) is 5.38 Å². The fourth-order valence-corrected chi connectivity index (χ4v) is 3.18. The lowest BCUT2D eigenvalue weighted by atomic mass is 10.2. The van der Waals surface area contributed by atoms with E-state index in [2.05, 4.69) is 34.0 Å². The molecule has 110 valence electrons. The molecular weight excluding hydrogens is 286 g/mol. The lowest BCUT2D eigenvalue weighted by molar-refractivity contribution is 0.0691. The van der Waals surface area contributed by atoms with Crippen molar-refractivity contribution in [1.82, 2.24) is 9.88 Å². The van der Waals surface area contributed by atoms with Crippen molar-refractivity contribution in [1.29, 1.82) is 0 Å². The van der Waals surface area contributed by atoms with Gasteiger partial charge in [-0.05, 0) is 31.3 Å². The number of aromatic carboxylic acids is 1. The molecule has 0 spiro atoms. The van der Waals surface area contributed by atoms with Gasteiger partial charge in [-0.2, -0.15) is 0 Å². The van der Waals surface area contributed by atoms with Crippen LogP contribution in [0.3, 0.4) is 0 Å². The summed E-state index contributed by atoms with van der Waals surface area (Å²) >= 11 is 1.36. The summed E-state index contributed by atoms with van der Waals surface area (Å²) in [6.45, 7) is 4.24. The third-order valence-electron chi connectivity index (χ3n) is 3.71. The predicted molar refractivity (Wildman–Crippen MR) is 84.2 cm³/mol. The quantitative estimate of drug-likeness (QED) is 0.942. The van der Waals surface area contributed by atoms with E-state index >= 15 is 0 Å². The van der Waals surface area contributed by atoms with Gasteiger partial charge < -0.3 is 14.9 Å². The minimum Gasteiger partial charge on any atom is -0.476 e. The Morgan fingerprint density at radius 1 is 1.19 bits per heavy atom. The number of anilines is 1. The highest BCUT2D eigenvalue weighted by Crippen LogP contribution is 2.26. The molecule has 1 fully saturated rings. The smallest absolute Gasteiger partial charge is 0.355 e. The van der Waals surface area contributed by atoms with Gasteiger partial charge in [0.15, 0.2) is 5.69 Å². The Kier molecular flexibility index (Phi) is 3.90. The molecule has 1 saturated heterocycles. The van der Waals surface area contributed by atoms with E-state index in [1.165, 1.54) is 17.0 Å². The molecule has 1 aromatic heterocycles. The maximum Gasteiger partial charge on any atom is 0.355 e. The monoisotopic (exact) mass is 303 g/mol. The number of thiazole rings is 1. The SMILES string of the molecule is CN1CCN(c2ccc(-c3nc(C(=O)O)cs3)cc2)CC1. The molecule has 2 heterocycles. The highest BCUT2D eigenvalue weighted by atomic mass is 32.1. The zero-order valence-electron chi connectivity index (χ0n) is 11.8. The zero-order chi connectivity index (χ0) is 14.8. The van der Waals surface area contributed by atoms with Gasteiger partial charge in [-0.15, -0.1) is 11.3 Å². The second-order valence-corrected chi connectivity index (χ2v) is 6.04. The molecule has 0 saturated carbocycles. The van der Waals surface area contributed by atoms with Crippen molar-refractivity contribution < 1.29 is 9.90 Å². The summed E-state index contributed by atoms with van der Waals surface area (Å²) in [5.41, 5.74) is 2.28. The largest absolute Gasteiger partial charge is 0.476 e. The van der Waals surface area contributed by atoms with Gasteiger partial charge in [0, 0.05) is 42.8 Å². The first-order valence-corrected chi connectivity index (χ1v) is 7.74. The number of likely N-dealkylation sites (N-methyl/N-ethyl adjacent to an activating group) is 1. The lowest BCUT2D eigenvalue weighted by Crippen LogP contribution is -2.44. The maximum absolute atomic E-state index is 10.9. The van der Waals surface area contributed by atoms with Crippen molar-refractivity contribution >= 4 is 23.0 Å². The van der Waals surface area contributed by atoms with Crippen molar-refractivity contribution in [2.45, 2.75) is 0 Å². The van der Waals surface area contributed by atoms with E-state index in [9.17, 15) is 4.79 Å². The number of hydrogen-bond donors (Lipinski definition) is 1. The molecule has 2 aromatic rings. The average molecular weight is 303 g/mol. The number of carboxylic acids is 1. The van der Waals surface area contributed by atoms with Crippen LogP contribution < -0.4 is 4.90 Å². The Hall–Kier alpha value is -1.92. The third-order valence-corrected chi connectivity index (χ3v) is 4.60. The number of hydrogen-bond acceptors (Lipinski definition) is 5. The van der Waals surface area contributed by atoms with Gasteiger partial charge in [-0.25, -0.2) is 9.78 Å². The van der Waals surface area contributed by atoms with Gasteiger partial charge in [0.05, 0.1) is 0 Å². The van der Waals surface area contributed by atoms with Crippen LogP contribution in [0.5, 0.6) is 0 Å². The molecule has 5 nitrogen and oxygen atoms in total. The molecule has 3 rings (SSSR count). The van der Waals surface area contributed by atoms with Crippen LogP contribution in [0, 0.1) is 0 Å². The standard InChI is InChI=1S/C15H17N3O2S/c1-17-6-8-18(9-7-17)12-4-2-11(3-5-12)14-16-13(10-21-14)15(19)20/h2-5,10H,6-9H2,1H3,(H,19,20). The molecule has 21 heavy (non-hydrogen) atoms. The van der Waals surface area contributed by atoms with Crippen molar-refractivity contribution in [3.63, 3.8) is 0 Å². The van der Waals surface area contributed by atoms with E-state index in [1.807, 2.05) is 12.1 Å².